The summed E-state index contributed by atoms with van der Waals surface area (Å²) in [5.41, 5.74) is 0.337. The van der Waals surface area contributed by atoms with Crippen LogP contribution in [0.25, 0.3) is 0 Å². The van der Waals surface area contributed by atoms with Gasteiger partial charge in [-0.2, -0.15) is 0 Å². The van der Waals surface area contributed by atoms with Gasteiger partial charge in [-0.05, 0) is 62.5 Å². The normalized spacial score (nSPS) is 29.6. The van der Waals surface area contributed by atoms with Crippen LogP contribution in [0.1, 0.15) is 46.5 Å². The van der Waals surface area contributed by atoms with E-state index in [1.165, 1.54) is 0 Å². The van der Waals surface area contributed by atoms with E-state index < -0.39 is 22.4 Å². The first-order valence-corrected chi connectivity index (χ1v) is 14.9. The average molecular weight is 347 g/mol. The lowest BCUT2D eigenvalue weighted by molar-refractivity contribution is -0.473. The van der Waals surface area contributed by atoms with Crippen molar-refractivity contribution in [2.24, 2.45) is 11.3 Å². The molecule has 6 heteroatoms. The Balaban J connectivity index is 2.09. The zero-order valence-corrected chi connectivity index (χ0v) is 17.5. The SMILES string of the molecule is CC(C)(C)C1CCC2(CC1)OO[Si](C)(C)CC[Si](C)(C)OO2. The molecule has 130 valence electrons. The van der Waals surface area contributed by atoms with Gasteiger partial charge in [0.15, 0.2) is 0 Å². The van der Waals surface area contributed by atoms with E-state index in [2.05, 4.69) is 47.0 Å². The molecule has 0 N–H and O–H groups in total. The molecule has 1 saturated heterocycles. The second-order valence-electron chi connectivity index (χ2n) is 9.40. The second-order valence-corrected chi connectivity index (χ2v) is 17.8. The first kappa shape index (κ1) is 18.6. The molecule has 4 nitrogen and oxygen atoms in total. The highest BCUT2D eigenvalue weighted by Gasteiger charge is 2.46. The molecule has 2 aliphatic rings. The van der Waals surface area contributed by atoms with Crippen molar-refractivity contribution >= 4 is 16.6 Å². The van der Waals surface area contributed by atoms with E-state index in [1.54, 1.807) is 0 Å². The summed E-state index contributed by atoms with van der Waals surface area (Å²) < 4.78 is 11.8. The third kappa shape index (κ3) is 4.88. The van der Waals surface area contributed by atoms with Crippen LogP contribution in [0.2, 0.25) is 38.3 Å². The van der Waals surface area contributed by atoms with Crippen LogP contribution in [0.15, 0.2) is 0 Å². The van der Waals surface area contributed by atoms with Crippen LogP contribution in [-0.2, 0) is 18.9 Å². The minimum Gasteiger partial charge on any atom is -0.284 e. The van der Waals surface area contributed by atoms with Crippen LogP contribution in [0.4, 0.5) is 0 Å². The molecule has 2 rings (SSSR count). The fourth-order valence-corrected chi connectivity index (χ4v) is 8.91. The summed E-state index contributed by atoms with van der Waals surface area (Å²) in [6.45, 7) is 15.8. The molecule has 0 unspecified atom stereocenters. The maximum absolute atomic E-state index is 5.91. The predicted octanol–water partition coefficient (Wildman–Crippen LogP) is 5.24. The van der Waals surface area contributed by atoms with Crippen LogP contribution in [-0.4, -0.2) is 22.4 Å². The summed E-state index contributed by atoms with van der Waals surface area (Å²) in [6, 6.07) is 2.13. The summed E-state index contributed by atoms with van der Waals surface area (Å²) in [4.78, 5) is 11.8. The average Bonchev–Trinajstić information content (AvgIpc) is 2.44. The maximum atomic E-state index is 5.91. The summed E-state index contributed by atoms with van der Waals surface area (Å²) in [7, 11) is -3.61. The third-order valence-electron chi connectivity index (χ3n) is 5.14. The second kappa shape index (κ2) is 6.29. The van der Waals surface area contributed by atoms with E-state index in [1.807, 2.05) is 0 Å². The molecule has 0 aromatic carbocycles. The molecule has 2 fully saturated rings. The zero-order valence-electron chi connectivity index (χ0n) is 15.5. The fourth-order valence-electron chi connectivity index (χ4n) is 3.17. The van der Waals surface area contributed by atoms with Gasteiger partial charge in [0, 0.05) is 12.8 Å². The van der Waals surface area contributed by atoms with Crippen molar-refractivity contribution in [2.75, 3.05) is 0 Å². The van der Waals surface area contributed by atoms with Crippen LogP contribution in [0, 0.1) is 11.3 Å². The number of rotatable bonds is 0. The maximum Gasteiger partial charge on any atom is 0.233 e. The summed E-state index contributed by atoms with van der Waals surface area (Å²) in [5, 5.41) is 0. The third-order valence-corrected chi connectivity index (χ3v) is 9.62. The molecule has 1 aliphatic carbocycles. The molecule has 22 heavy (non-hydrogen) atoms. The lowest BCUT2D eigenvalue weighted by Gasteiger charge is -2.42. The molecule has 0 aromatic rings. The van der Waals surface area contributed by atoms with Crippen LogP contribution < -0.4 is 0 Å². The first-order valence-electron chi connectivity index (χ1n) is 8.67. The van der Waals surface area contributed by atoms with Gasteiger partial charge in [0.1, 0.15) is 0 Å². The van der Waals surface area contributed by atoms with E-state index in [-0.39, 0.29) is 0 Å². The highest BCUT2D eigenvalue weighted by Crippen LogP contribution is 2.45. The predicted molar refractivity (Wildman–Crippen MR) is 93.1 cm³/mol. The van der Waals surface area contributed by atoms with Gasteiger partial charge in [-0.15, -0.1) is 0 Å². The molecule has 0 aromatic heterocycles. The Kier molecular flexibility index (Phi) is 5.32. The van der Waals surface area contributed by atoms with Crippen molar-refractivity contribution < 1.29 is 18.9 Å². The lowest BCUT2D eigenvalue weighted by Crippen LogP contribution is -2.45. The van der Waals surface area contributed by atoms with E-state index in [0.29, 0.717) is 11.3 Å². The minimum absolute atomic E-state index is 0.337. The van der Waals surface area contributed by atoms with E-state index >= 15 is 0 Å². The van der Waals surface area contributed by atoms with Crippen LogP contribution in [0.5, 0.6) is 0 Å². The van der Waals surface area contributed by atoms with E-state index in [9.17, 15) is 0 Å². The summed E-state index contributed by atoms with van der Waals surface area (Å²) in [5.74, 6) is 0.00846. The molecule has 1 spiro atoms. The van der Waals surface area contributed by atoms with Gasteiger partial charge in [0.05, 0.1) is 0 Å². The smallest absolute Gasteiger partial charge is 0.233 e. The Hall–Kier alpha value is 0.274. The van der Waals surface area contributed by atoms with E-state index in [0.717, 1.165) is 37.8 Å². The molecule has 0 atom stereocenters. The van der Waals surface area contributed by atoms with Gasteiger partial charge in [-0.3, -0.25) is 9.15 Å². The first-order chi connectivity index (χ1) is 9.93. The van der Waals surface area contributed by atoms with Gasteiger partial charge < -0.3 is 0 Å². The van der Waals surface area contributed by atoms with Gasteiger partial charge in [-0.1, -0.05) is 20.8 Å². The number of hydrogen-bond acceptors (Lipinski definition) is 4. The molecule has 1 heterocycles. The zero-order chi connectivity index (χ0) is 16.6. The van der Waals surface area contributed by atoms with Crippen molar-refractivity contribution in [1.82, 2.24) is 0 Å². The lowest BCUT2D eigenvalue weighted by atomic mass is 9.71. The molecule has 0 bridgehead atoms. The van der Waals surface area contributed by atoms with Gasteiger partial charge >= 0.3 is 0 Å². The van der Waals surface area contributed by atoms with Crippen molar-refractivity contribution in [1.29, 1.82) is 0 Å². The molecule has 1 saturated carbocycles. The Morgan fingerprint density at radius 3 is 1.59 bits per heavy atom. The minimum atomic E-state index is -1.81. The fraction of sp³-hybridized carbons (Fsp3) is 1.00. The molecule has 0 radical (unpaired) electrons. The van der Waals surface area contributed by atoms with Crippen molar-refractivity contribution in [3.8, 4) is 0 Å². The summed E-state index contributed by atoms with van der Waals surface area (Å²) >= 11 is 0. The molecular weight excluding hydrogens is 312 g/mol. The number of hydrogen-bond donors (Lipinski definition) is 0. The molecule has 0 amide bonds. The van der Waals surface area contributed by atoms with Gasteiger partial charge in [0.2, 0.25) is 22.4 Å². The van der Waals surface area contributed by atoms with Crippen molar-refractivity contribution in [3.63, 3.8) is 0 Å². The Labute approximate surface area is 138 Å². The molecule has 1 aliphatic heterocycles. The van der Waals surface area contributed by atoms with Crippen LogP contribution >= 0.6 is 0 Å². The standard InChI is InChI=1S/C16H34O4Si2/c1-15(2,3)14-8-10-16(11-9-14)17-19-21(4,5)12-13-22(6,7)20-18-16/h14H,8-13H2,1-7H3. The highest BCUT2D eigenvalue weighted by atomic mass is 28.4. The Morgan fingerprint density at radius 1 is 0.818 bits per heavy atom. The quantitative estimate of drug-likeness (QED) is 0.444. The van der Waals surface area contributed by atoms with E-state index in [4.69, 9.17) is 18.9 Å². The van der Waals surface area contributed by atoms with Crippen molar-refractivity contribution in [3.05, 3.63) is 0 Å². The van der Waals surface area contributed by atoms with Gasteiger partial charge in [-0.25, -0.2) is 9.78 Å². The van der Waals surface area contributed by atoms with Crippen molar-refractivity contribution in [2.45, 2.75) is 90.5 Å². The largest absolute Gasteiger partial charge is 0.284 e. The molecular formula is C16H34O4Si2. The Morgan fingerprint density at radius 2 is 1.23 bits per heavy atom. The Bertz CT molecular complexity index is 360. The summed E-state index contributed by atoms with van der Waals surface area (Å²) in [6.07, 6.45) is 3.90. The van der Waals surface area contributed by atoms with Gasteiger partial charge in [0.25, 0.3) is 0 Å². The monoisotopic (exact) mass is 346 g/mol. The topological polar surface area (TPSA) is 36.9 Å². The van der Waals surface area contributed by atoms with Crippen LogP contribution in [0.3, 0.4) is 0 Å². The highest BCUT2D eigenvalue weighted by molar-refractivity contribution is 6.76.